The first-order valence-electron chi connectivity index (χ1n) is 11.4. The maximum atomic E-state index is 12.6. The second-order valence-electron chi connectivity index (χ2n) is 8.04. The molecule has 3 aromatic rings. The Balaban J connectivity index is 0.000000360. The smallest absolute Gasteiger partial charge is 0.293 e. The average Bonchev–Trinajstić information content (AvgIpc) is 2.87. The van der Waals surface area contributed by atoms with Gasteiger partial charge >= 0.3 is 0 Å². The minimum atomic E-state index is -0.611. The second kappa shape index (κ2) is 14.0. The van der Waals surface area contributed by atoms with E-state index in [2.05, 4.69) is 21.9 Å². The lowest BCUT2D eigenvalue weighted by atomic mass is 10.0. The summed E-state index contributed by atoms with van der Waals surface area (Å²) >= 11 is 0. The fourth-order valence-electron chi connectivity index (χ4n) is 3.41. The van der Waals surface area contributed by atoms with Gasteiger partial charge in [0.2, 0.25) is 0 Å². The van der Waals surface area contributed by atoms with Gasteiger partial charge in [-0.2, -0.15) is 0 Å². The molecule has 0 atom stereocenters. The molecule has 3 rings (SSSR count). The highest BCUT2D eigenvalue weighted by Gasteiger charge is 2.13. The van der Waals surface area contributed by atoms with Crippen molar-refractivity contribution < 1.29 is 18.8 Å². The van der Waals surface area contributed by atoms with Crippen LogP contribution in [0.1, 0.15) is 46.7 Å². The number of pyridine rings is 2. The van der Waals surface area contributed by atoms with Gasteiger partial charge in [0.15, 0.2) is 0 Å². The zero-order chi connectivity index (χ0) is 25.8. The van der Waals surface area contributed by atoms with Crippen molar-refractivity contribution in [1.29, 1.82) is 0 Å². The van der Waals surface area contributed by atoms with E-state index < -0.39 is 17.5 Å². The quantitative estimate of drug-likeness (QED) is 0.349. The first-order chi connectivity index (χ1) is 16.8. The van der Waals surface area contributed by atoms with Crippen molar-refractivity contribution in [1.82, 2.24) is 20.3 Å². The molecule has 0 aliphatic carbocycles. The Morgan fingerprint density at radius 2 is 1.94 bits per heavy atom. The molecule has 2 heterocycles. The molecule has 0 saturated heterocycles. The number of halogens is 2. The van der Waals surface area contributed by atoms with E-state index >= 15 is 0 Å². The molecule has 35 heavy (non-hydrogen) atoms. The third-order valence-corrected chi connectivity index (χ3v) is 5.44. The number of amides is 1. The summed E-state index contributed by atoms with van der Waals surface area (Å²) in [6.07, 6.45) is 6.98. The van der Waals surface area contributed by atoms with Gasteiger partial charge < -0.3 is 4.90 Å². The third-order valence-electron chi connectivity index (χ3n) is 5.44. The van der Waals surface area contributed by atoms with Crippen LogP contribution >= 0.6 is 0 Å². The molecular weight excluding hydrogens is 450 g/mol. The number of carbonyl (C=O) groups is 1. The third kappa shape index (κ3) is 8.66. The van der Waals surface area contributed by atoms with Crippen LogP contribution in [0.4, 0.5) is 8.78 Å². The van der Waals surface area contributed by atoms with Crippen LogP contribution in [0, 0.1) is 18.6 Å². The number of hydrogen-bond donors (Lipinski definition) is 2. The van der Waals surface area contributed by atoms with Crippen molar-refractivity contribution in [3.63, 3.8) is 0 Å². The van der Waals surface area contributed by atoms with Crippen LogP contribution in [0.5, 0.6) is 0 Å². The molecule has 2 N–H and O–H groups in total. The van der Waals surface area contributed by atoms with Crippen LogP contribution in [0.15, 0.2) is 60.9 Å². The Hall–Kier alpha value is -3.49. The van der Waals surface area contributed by atoms with Gasteiger partial charge in [0.05, 0.1) is 0 Å². The molecule has 0 spiro atoms. The highest BCUT2D eigenvalue weighted by molar-refractivity contribution is 5.92. The Bertz CT molecular complexity index is 1140. The molecule has 0 radical (unpaired) electrons. The minimum Gasteiger partial charge on any atom is -0.302 e. The van der Waals surface area contributed by atoms with Crippen LogP contribution in [0.2, 0.25) is 0 Å². The Kier molecular flexibility index (Phi) is 11.1. The number of allylic oxidation sites excluding steroid dienone is 1. The molecule has 6 nitrogen and oxygen atoms in total. The average molecular weight is 483 g/mol. The van der Waals surface area contributed by atoms with Crippen LogP contribution in [0.3, 0.4) is 0 Å². The summed E-state index contributed by atoms with van der Waals surface area (Å²) in [5, 5.41) is 8.80. The largest absolute Gasteiger partial charge is 0.302 e. The lowest BCUT2D eigenvalue weighted by Gasteiger charge is -2.20. The van der Waals surface area contributed by atoms with Gasteiger partial charge in [-0.05, 0) is 73.8 Å². The zero-order valence-corrected chi connectivity index (χ0v) is 20.6. The van der Waals surface area contributed by atoms with E-state index in [9.17, 15) is 13.6 Å². The molecule has 0 saturated carbocycles. The van der Waals surface area contributed by atoms with Gasteiger partial charge in [-0.1, -0.05) is 25.1 Å². The lowest BCUT2D eigenvalue weighted by Crippen LogP contribution is -2.24. The van der Waals surface area contributed by atoms with Gasteiger partial charge in [0, 0.05) is 43.7 Å². The first-order valence-corrected chi connectivity index (χ1v) is 11.4. The summed E-state index contributed by atoms with van der Waals surface area (Å²) < 4.78 is 24.9. The molecule has 0 unspecified atom stereocenters. The number of aryl methyl sites for hydroxylation is 2. The van der Waals surface area contributed by atoms with Crippen molar-refractivity contribution >= 4 is 11.5 Å². The van der Waals surface area contributed by atoms with Gasteiger partial charge in [0.25, 0.3) is 5.91 Å². The fraction of sp³-hybridized carbons (Fsp3) is 0.296. The Morgan fingerprint density at radius 1 is 1.17 bits per heavy atom. The molecule has 0 bridgehead atoms. The van der Waals surface area contributed by atoms with Crippen molar-refractivity contribution in [2.45, 2.75) is 33.6 Å². The zero-order valence-electron chi connectivity index (χ0n) is 20.6. The lowest BCUT2D eigenvalue weighted by molar-refractivity contribution is 0.0700. The second-order valence-corrected chi connectivity index (χ2v) is 8.04. The number of benzene rings is 1. The predicted octanol–water partition coefficient (Wildman–Crippen LogP) is 5.01. The first kappa shape index (κ1) is 27.8. The molecule has 0 fully saturated rings. The number of carbonyl (C=O) groups excluding carboxylic acids is 1. The van der Waals surface area contributed by atoms with Crippen molar-refractivity contribution in [3.8, 4) is 0 Å². The van der Waals surface area contributed by atoms with Crippen LogP contribution < -0.4 is 5.48 Å². The van der Waals surface area contributed by atoms with Crippen LogP contribution in [-0.4, -0.2) is 46.1 Å². The van der Waals surface area contributed by atoms with Gasteiger partial charge in [-0.25, -0.2) is 14.3 Å². The fourth-order valence-corrected chi connectivity index (χ4v) is 3.41. The molecule has 1 aromatic carbocycles. The van der Waals surface area contributed by atoms with E-state index in [0.717, 1.165) is 48.0 Å². The molecule has 0 aliphatic rings. The number of nitrogens with zero attached hydrogens (tertiary/aromatic N) is 3. The molecule has 186 valence electrons. The number of rotatable bonds is 8. The highest BCUT2D eigenvalue weighted by atomic mass is 19.1. The summed E-state index contributed by atoms with van der Waals surface area (Å²) in [6, 6.07) is 11.3. The van der Waals surface area contributed by atoms with E-state index in [0.29, 0.717) is 12.0 Å². The number of nitrogens with one attached hydrogen (secondary N) is 1. The molecular formula is C27H32F2N4O2. The Labute approximate surface area is 205 Å². The predicted molar refractivity (Wildman–Crippen MR) is 133 cm³/mol. The topological polar surface area (TPSA) is 78.4 Å². The van der Waals surface area contributed by atoms with Gasteiger partial charge in [-0.15, -0.1) is 0 Å². The van der Waals surface area contributed by atoms with Crippen molar-refractivity contribution in [3.05, 3.63) is 101 Å². The van der Waals surface area contributed by atoms with E-state index in [-0.39, 0.29) is 5.69 Å². The highest BCUT2D eigenvalue weighted by Crippen LogP contribution is 2.20. The molecule has 2 aromatic heterocycles. The number of aromatic nitrogens is 2. The van der Waals surface area contributed by atoms with Crippen LogP contribution in [-0.2, 0) is 12.8 Å². The standard InChI is InChI=1S/C19H24N4O2.C8H8F2/c1-4-15(13-23(3)10-8-16-7-5-6-9-20-16)17-11-18(19(24)22-25)21-12-14(17)2;1-2-6-3-4-7(9)5-8(6)10/h4-7,9,11-12,25H,8,10,13H2,1-3H3,(H,22,24);3-5H,2H2,1H3/b15-4-;. The van der Waals surface area contributed by atoms with Gasteiger partial charge in [0.1, 0.15) is 17.3 Å². The van der Waals surface area contributed by atoms with Crippen molar-refractivity contribution in [2.75, 3.05) is 20.1 Å². The molecule has 1 amide bonds. The number of hydroxylamine groups is 1. The SMILES string of the molecule is C/C=C(/CN(C)CCc1ccccn1)c1cc(C(=O)NO)ncc1C.CCc1ccc(F)cc1F. The van der Waals surface area contributed by atoms with E-state index in [4.69, 9.17) is 5.21 Å². The summed E-state index contributed by atoms with van der Waals surface area (Å²) in [6.45, 7) is 7.39. The van der Waals surface area contributed by atoms with Crippen molar-refractivity contribution in [2.24, 2.45) is 0 Å². The summed E-state index contributed by atoms with van der Waals surface area (Å²) in [5.74, 6) is -1.59. The molecule has 0 aliphatic heterocycles. The van der Waals surface area contributed by atoms with Gasteiger partial charge in [-0.3, -0.25) is 20.0 Å². The number of likely N-dealkylation sites (N-methyl/N-ethyl adjacent to an activating group) is 1. The van der Waals surface area contributed by atoms with E-state index in [1.165, 1.54) is 12.1 Å². The maximum absolute atomic E-state index is 12.6. The van der Waals surface area contributed by atoms with E-state index in [1.807, 2.05) is 45.0 Å². The minimum absolute atomic E-state index is 0.193. The monoisotopic (exact) mass is 482 g/mol. The maximum Gasteiger partial charge on any atom is 0.293 e. The number of hydrogen-bond acceptors (Lipinski definition) is 5. The summed E-state index contributed by atoms with van der Waals surface area (Å²) in [5.41, 5.74) is 6.50. The summed E-state index contributed by atoms with van der Waals surface area (Å²) in [4.78, 5) is 22.2. The Morgan fingerprint density at radius 3 is 2.54 bits per heavy atom. The van der Waals surface area contributed by atoms with E-state index in [1.54, 1.807) is 23.9 Å². The molecule has 8 heteroatoms. The normalized spacial score (nSPS) is 11.1. The summed E-state index contributed by atoms with van der Waals surface area (Å²) in [7, 11) is 2.06. The van der Waals surface area contributed by atoms with Crippen LogP contribution in [0.25, 0.3) is 5.57 Å².